The lowest BCUT2D eigenvalue weighted by Crippen LogP contribution is -2.74. The van der Waals surface area contributed by atoms with Crippen LogP contribution in [0.3, 0.4) is 0 Å². The Morgan fingerprint density at radius 1 is 1.22 bits per heavy atom. The fraction of sp³-hybridized carbons (Fsp3) is 0.929. The minimum Gasteiger partial charge on any atom is -0.393 e. The van der Waals surface area contributed by atoms with Gasteiger partial charge in [0.2, 0.25) is 0 Å². The van der Waals surface area contributed by atoms with Gasteiger partial charge in [0.1, 0.15) is 0 Å². The minimum absolute atomic E-state index is 0.0283. The number of hydrogen-bond donors (Lipinski definition) is 3. The fourth-order valence-corrected chi connectivity index (χ4v) is 3.04. The number of rotatable bonds is 1. The number of nitrogens with one attached hydrogen (secondary N) is 2. The van der Waals surface area contributed by atoms with Crippen LogP contribution in [0.1, 0.15) is 60.3 Å². The average molecular weight is 254 g/mol. The highest BCUT2D eigenvalue weighted by molar-refractivity contribution is 5.79. The summed E-state index contributed by atoms with van der Waals surface area (Å²) in [6.07, 6.45) is 3.95. The Hall–Kier alpha value is -0.770. The number of aliphatic hydroxyl groups excluding tert-OH is 1. The normalized spacial score (nSPS) is 31.7. The maximum absolute atomic E-state index is 9.63. The monoisotopic (exact) mass is 254 g/mol. The van der Waals surface area contributed by atoms with E-state index >= 15 is 0 Å². The van der Waals surface area contributed by atoms with Crippen LogP contribution in [-0.4, -0.2) is 39.0 Å². The summed E-state index contributed by atoms with van der Waals surface area (Å²) in [6, 6.07) is 0.550. The largest absolute Gasteiger partial charge is 0.393 e. The molecule has 0 atom stereocenters. The predicted molar refractivity (Wildman–Crippen MR) is 73.6 cm³/mol. The molecule has 1 saturated carbocycles. The maximum atomic E-state index is 9.63. The van der Waals surface area contributed by atoms with Crippen molar-refractivity contribution in [3.63, 3.8) is 0 Å². The van der Waals surface area contributed by atoms with Gasteiger partial charge in [-0.05, 0) is 46.5 Å². The number of nitrogens with zero attached hydrogens (tertiary/aromatic N) is 1. The molecule has 1 heterocycles. The molecule has 0 spiro atoms. The lowest BCUT2D eigenvalue weighted by molar-refractivity contribution is -0.673. The van der Waals surface area contributed by atoms with Crippen LogP contribution >= 0.6 is 0 Å². The lowest BCUT2D eigenvalue weighted by atomic mass is 9.90. The van der Waals surface area contributed by atoms with Crippen LogP contribution < -0.4 is 10.6 Å². The second-order valence-corrected chi connectivity index (χ2v) is 7.24. The molecule has 3 N–H and O–H groups in total. The Bertz CT molecular complexity index is 347. The van der Waals surface area contributed by atoms with Crippen molar-refractivity contribution in [1.82, 2.24) is 10.6 Å². The quantitative estimate of drug-likeness (QED) is 0.620. The third-order valence-electron chi connectivity index (χ3n) is 3.79. The molecule has 2 rings (SSSR count). The Balaban J connectivity index is 2.13. The summed E-state index contributed by atoms with van der Waals surface area (Å²) in [5, 5.41) is 16.7. The Morgan fingerprint density at radius 3 is 2.22 bits per heavy atom. The smallest absolute Gasteiger partial charge is 0.352 e. The van der Waals surface area contributed by atoms with E-state index in [0.717, 1.165) is 31.6 Å². The van der Waals surface area contributed by atoms with Crippen molar-refractivity contribution in [2.75, 3.05) is 0 Å². The van der Waals surface area contributed by atoms with Gasteiger partial charge in [-0.25, -0.2) is 9.89 Å². The molecule has 0 aromatic rings. The van der Waals surface area contributed by atoms with Crippen molar-refractivity contribution in [1.29, 1.82) is 0 Å². The molecule has 0 saturated heterocycles. The van der Waals surface area contributed by atoms with Crippen LogP contribution in [0, 0.1) is 0 Å². The second kappa shape index (κ2) is 4.41. The van der Waals surface area contributed by atoms with Gasteiger partial charge in [-0.15, -0.1) is 0 Å². The zero-order valence-electron chi connectivity index (χ0n) is 12.4. The Kier molecular flexibility index (Phi) is 3.34. The Morgan fingerprint density at radius 2 is 1.78 bits per heavy atom. The maximum Gasteiger partial charge on any atom is 0.352 e. The first-order valence-corrected chi connectivity index (χ1v) is 7.10. The van der Waals surface area contributed by atoms with E-state index in [1.54, 1.807) is 0 Å². The van der Waals surface area contributed by atoms with Gasteiger partial charge in [-0.1, -0.05) is 0 Å². The van der Waals surface area contributed by atoms with Gasteiger partial charge < -0.3 is 5.11 Å². The van der Waals surface area contributed by atoms with Crippen molar-refractivity contribution in [3.8, 4) is 0 Å². The molecule has 1 aliphatic heterocycles. The predicted octanol–water partition coefficient (Wildman–Crippen LogP) is 1.39. The first kappa shape index (κ1) is 13.7. The molecule has 0 amide bonds. The van der Waals surface area contributed by atoms with E-state index in [0.29, 0.717) is 6.04 Å². The van der Waals surface area contributed by atoms with E-state index < -0.39 is 0 Å². The summed E-state index contributed by atoms with van der Waals surface area (Å²) in [7, 11) is 0. The SMILES string of the molecule is CC(C)(C)NC1=[N+](C2CCC(O)CC2)C(C)(C)N1. The highest BCUT2D eigenvalue weighted by Crippen LogP contribution is 2.27. The molecule has 104 valence electrons. The van der Waals surface area contributed by atoms with E-state index in [1.165, 1.54) is 0 Å². The van der Waals surface area contributed by atoms with Crippen molar-refractivity contribution in [3.05, 3.63) is 0 Å². The van der Waals surface area contributed by atoms with Gasteiger partial charge in [-0.2, -0.15) is 0 Å². The van der Waals surface area contributed by atoms with Crippen LogP contribution in [-0.2, 0) is 0 Å². The first-order chi connectivity index (χ1) is 8.19. The topological polar surface area (TPSA) is 47.3 Å². The molecule has 4 nitrogen and oxygen atoms in total. The van der Waals surface area contributed by atoms with Gasteiger partial charge >= 0.3 is 5.96 Å². The molecular formula is C14H28N3O+. The van der Waals surface area contributed by atoms with Gasteiger partial charge in [0, 0.05) is 13.8 Å². The second-order valence-electron chi connectivity index (χ2n) is 7.24. The zero-order chi connectivity index (χ0) is 13.6. The van der Waals surface area contributed by atoms with E-state index in [4.69, 9.17) is 0 Å². The molecule has 4 heteroatoms. The van der Waals surface area contributed by atoms with Crippen molar-refractivity contribution < 1.29 is 9.68 Å². The standard InChI is InChI=1S/C14H27N3O/c1-13(2,3)15-12-16-14(4,5)17(12)10-6-8-11(18)9-7-10/h10-11,18H,6-9H2,1-5H3,(H,15,16)/p+1. The van der Waals surface area contributed by atoms with Gasteiger partial charge in [0.15, 0.2) is 5.66 Å². The molecule has 1 aliphatic carbocycles. The summed E-state index contributed by atoms with van der Waals surface area (Å²) < 4.78 is 2.46. The summed E-state index contributed by atoms with van der Waals surface area (Å²) in [4.78, 5) is 0. The van der Waals surface area contributed by atoms with Gasteiger partial charge in [0.25, 0.3) is 0 Å². The molecular weight excluding hydrogens is 226 g/mol. The summed E-state index contributed by atoms with van der Waals surface area (Å²) in [6.45, 7) is 11.0. The Labute approximate surface area is 110 Å². The highest BCUT2D eigenvalue weighted by atomic mass is 16.3. The molecule has 0 radical (unpaired) electrons. The first-order valence-electron chi connectivity index (χ1n) is 7.10. The minimum atomic E-state index is -0.0855. The molecule has 0 aromatic heterocycles. The zero-order valence-corrected chi connectivity index (χ0v) is 12.4. The molecule has 0 bridgehead atoms. The third-order valence-corrected chi connectivity index (χ3v) is 3.79. The highest BCUT2D eigenvalue weighted by Gasteiger charge is 2.48. The lowest BCUT2D eigenvalue weighted by Gasteiger charge is -2.44. The van der Waals surface area contributed by atoms with Crippen molar-refractivity contribution >= 4 is 5.96 Å². The van der Waals surface area contributed by atoms with Crippen molar-refractivity contribution in [2.45, 2.75) is 83.6 Å². The van der Waals surface area contributed by atoms with Crippen molar-refractivity contribution in [2.24, 2.45) is 0 Å². The van der Waals surface area contributed by atoms with E-state index in [2.05, 4.69) is 49.8 Å². The molecule has 1 fully saturated rings. The van der Waals surface area contributed by atoms with Gasteiger partial charge in [0.05, 0.1) is 17.7 Å². The molecule has 18 heavy (non-hydrogen) atoms. The number of hydrogen-bond acceptors (Lipinski definition) is 3. The van der Waals surface area contributed by atoms with E-state index in [1.807, 2.05) is 0 Å². The molecule has 0 aromatic carbocycles. The summed E-state index contributed by atoms with van der Waals surface area (Å²) >= 11 is 0. The summed E-state index contributed by atoms with van der Waals surface area (Å²) in [5.41, 5.74) is 0.103. The van der Waals surface area contributed by atoms with Crippen LogP contribution in [0.4, 0.5) is 0 Å². The van der Waals surface area contributed by atoms with Crippen LogP contribution in [0.25, 0.3) is 0 Å². The number of guanidine groups is 1. The van der Waals surface area contributed by atoms with E-state index in [-0.39, 0.29) is 17.3 Å². The fourth-order valence-electron chi connectivity index (χ4n) is 3.04. The summed E-state index contributed by atoms with van der Waals surface area (Å²) in [5.74, 6) is 1.15. The molecule has 0 unspecified atom stereocenters. The van der Waals surface area contributed by atoms with Crippen LogP contribution in [0.5, 0.6) is 0 Å². The van der Waals surface area contributed by atoms with Crippen LogP contribution in [0.2, 0.25) is 0 Å². The van der Waals surface area contributed by atoms with E-state index in [9.17, 15) is 5.11 Å². The van der Waals surface area contributed by atoms with Crippen LogP contribution in [0.15, 0.2) is 0 Å². The molecule has 2 aliphatic rings. The van der Waals surface area contributed by atoms with Gasteiger partial charge in [-0.3, -0.25) is 5.32 Å². The average Bonchev–Trinajstić information content (AvgIpc) is 2.17. The number of aliphatic hydroxyl groups is 1. The third kappa shape index (κ3) is 2.79.